The molecule has 1 unspecified atom stereocenters. The highest BCUT2D eigenvalue weighted by Crippen LogP contribution is 2.42. The van der Waals surface area contributed by atoms with Gasteiger partial charge in [0, 0.05) is 7.11 Å². The van der Waals surface area contributed by atoms with Gasteiger partial charge >= 0.3 is 7.82 Å². The topological polar surface area (TPSA) is 88.8 Å². The molecule has 0 aromatic heterocycles. The number of hydrogen-bond acceptors (Lipinski definition) is 5. The number of nitrogens with zero attached hydrogens (tertiary/aromatic N) is 1. The second-order valence-electron chi connectivity index (χ2n) is 10.6. The predicted molar refractivity (Wildman–Crippen MR) is 156 cm³/mol. The molecule has 0 aliphatic carbocycles. The van der Waals surface area contributed by atoms with Gasteiger partial charge in [0.2, 0.25) is 0 Å². The molecule has 1 aromatic rings. The van der Waals surface area contributed by atoms with E-state index < -0.39 is 19.7 Å². The smallest absolute Gasteiger partial charge is 0.371 e. The molecule has 0 aliphatic rings. The van der Waals surface area contributed by atoms with Crippen LogP contribution in [0.3, 0.4) is 0 Å². The lowest BCUT2D eigenvalue weighted by Crippen LogP contribution is -2.19. The van der Waals surface area contributed by atoms with Crippen molar-refractivity contribution in [3.8, 4) is 6.07 Å². The largest absolute Gasteiger partial charge is 0.472 e. The number of unbranched alkanes of at least 4 members (excludes halogenated alkanes) is 17. The zero-order valence-electron chi connectivity index (χ0n) is 24.5. The molecule has 2 atom stereocenters. The fraction of sp³-hybridized carbons (Fsp3) is 0.774. The van der Waals surface area contributed by atoms with Crippen LogP contribution in [0.2, 0.25) is 0 Å². The van der Waals surface area contributed by atoms with Crippen LogP contribution in [-0.2, 0) is 25.0 Å². The van der Waals surface area contributed by atoms with Crippen molar-refractivity contribution in [2.45, 2.75) is 142 Å². The third-order valence-corrected chi connectivity index (χ3v) is 8.04. The van der Waals surface area contributed by atoms with Gasteiger partial charge in [-0.25, -0.2) is 8.96 Å². The molecular formula is C31H53FNO5P. The van der Waals surface area contributed by atoms with Crippen LogP contribution in [0.25, 0.3) is 0 Å². The van der Waals surface area contributed by atoms with Gasteiger partial charge in [0.15, 0.2) is 0 Å². The van der Waals surface area contributed by atoms with Gasteiger partial charge in [-0.2, -0.15) is 5.26 Å². The maximum atomic E-state index is 13.7. The van der Waals surface area contributed by atoms with E-state index in [1.54, 1.807) is 6.07 Å². The molecule has 1 rings (SSSR count). The number of ether oxygens (including phenoxy) is 1. The first kappa shape index (κ1) is 35.7. The fourth-order valence-electron chi connectivity index (χ4n) is 4.73. The lowest BCUT2D eigenvalue weighted by molar-refractivity contribution is -0.00516. The van der Waals surface area contributed by atoms with E-state index in [0.717, 1.165) is 26.4 Å². The average molecular weight is 570 g/mol. The summed E-state index contributed by atoms with van der Waals surface area (Å²) in [6.07, 6.45) is 23.7. The van der Waals surface area contributed by atoms with E-state index in [-0.39, 0.29) is 18.8 Å². The average Bonchev–Trinajstić information content (AvgIpc) is 2.93. The molecule has 6 nitrogen and oxygen atoms in total. The standard InChI is InChI=1S/C31H53FNO5P/c1-3-4-5-6-7-8-9-10-11-12-13-14-15-16-17-18-19-20-21-31(27-38-39(34,35)36-2)37-26-29-22-28(25-33)23-30(32)24-29/h22-24,31H,3-21,26-27H2,1-2H3,(H,34,35)/t31-/m1/s1. The summed E-state index contributed by atoms with van der Waals surface area (Å²) < 4.78 is 40.8. The van der Waals surface area contributed by atoms with Crippen LogP contribution in [0.4, 0.5) is 4.39 Å². The van der Waals surface area contributed by atoms with Gasteiger partial charge in [-0.3, -0.25) is 9.05 Å². The molecule has 0 spiro atoms. The van der Waals surface area contributed by atoms with E-state index in [4.69, 9.17) is 14.5 Å². The van der Waals surface area contributed by atoms with Crippen molar-refractivity contribution >= 4 is 7.82 Å². The maximum Gasteiger partial charge on any atom is 0.472 e. The van der Waals surface area contributed by atoms with Crippen LogP contribution in [0.15, 0.2) is 18.2 Å². The first-order chi connectivity index (χ1) is 18.9. The number of hydrogen-bond donors (Lipinski definition) is 1. The van der Waals surface area contributed by atoms with E-state index in [9.17, 15) is 13.8 Å². The van der Waals surface area contributed by atoms with Crippen molar-refractivity contribution in [3.05, 3.63) is 35.1 Å². The monoisotopic (exact) mass is 569 g/mol. The molecule has 0 saturated heterocycles. The predicted octanol–water partition coefficient (Wildman–Crippen LogP) is 9.78. The zero-order valence-corrected chi connectivity index (χ0v) is 25.4. The van der Waals surface area contributed by atoms with Crippen molar-refractivity contribution in [2.24, 2.45) is 0 Å². The molecular weight excluding hydrogens is 516 g/mol. The Labute approximate surface area is 237 Å². The van der Waals surface area contributed by atoms with Crippen LogP contribution in [0, 0.1) is 17.1 Å². The lowest BCUT2D eigenvalue weighted by Gasteiger charge is -2.19. The number of benzene rings is 1. The molecule has 0 radical (unpaired) electrons. The molecule has 1 N–H and O–H groups in total. The van der Waals surface area contributed by atoms with Crippen LogP contribution < -0.4 is 0 Å². The molecule has 0 amide bonds. The molecule has 0 fully saturated rings. The number of rotatable bonds is 26. The minimum absolute atomic E-state index is 0.0855. The van der Waals surface area contributed by atoms with Crippen molar-refractivity contribution < 1.29 is 27.6 Å². The van der Waals surface area contributed by atoms with Gasteiger partial charge in [0.05, 0.1) is 31.0 Å². The Bertz CT molecular complexity index is 832. The highest BCUT2D eigenvalue weighted by molar-refractivity contribution is 7.47. The molecule has 0 aliphatic heterocycles. The van der Waals surface area contributed by atoms with Crippen LogP contribution in [-0.4, -0.2) is 24.7 Å². The summed E-state index contributed by atoms with van der Waals surface area (Å²) in [5, 5.41) is 9.04. The Morgan fingerprint density at radius 2 is 1.33 bits per heavy atom. The highest BCUT2D eigenvalue weighted by atomic mass is 31.2. The maximum absolute atomic E-state index is 13.7. The van der Waals surface area contributed by atoms with Crippen molar-refractivity contribution in [3.63, 3.8) is 0 Å². The zero-order chi connectivity index (χ0) is 28.6. The Kier molecular flexibility index (Phi) is 21.5. The van der Waals surface area contributed by atoms with Gasteiger partial charge in [-0.15, -0.1) is 0 Å². The number of nitriles is 1. The number of phosphoric ester groups is 1. The fourth-order valence-corrected chi connectivity index (χ4v) is 5.19. The van der Waals surface area contributed by atoms with Gasteiger partial charge in [-0.1, -0.05) is 122 Å². The molecule has 0 saturated carbocycles. The van der Waals surface area contributed by atoms with Gasteiger partial charge in [0.25, 0.3) is 0 Å². The SMILES string of the molecule is CCCCCCCCCCCCCCCCCCCC[C@H](COP(=O)(O)OC)OCc1cc(F)cc(C#N)c1. The Balaban J connectivity index is 2.13. The van der Waals surface area contributed by atoms with E-state index in [1.807, 2.05) is 6.07 Å². The van der Waals surface area contributed by atoms with E-state index >= 15 is 0 Å². The summed E-state index contributed by atoms with van der Waals surface area (Å²) in [7, 11) is -2.99. The molecule has 8 heteroatoms. The van der Waals surface area contributed by atoms with E-state index in [2.05, 4.69) is 11.4 Å². The third kappa shape index (κ3) is 20.3. The van der Waals surface area contributed by atoms with Gasteiger partial charge in [-0.05, 0) is 30.2 Å². The lowest BCUT2D eigenvalue weighted by atomic mass is 10.0. The van der Waals surface area contributed by atoms with E-state index in [0.29, 0.717) is 12.0 Å². The Morgan fingerprint density at radius 3 is 1.79 bits per heavy atom. The minimum Gasteiger partial charge on any atom is -0.371 e. The second kappa shape index (κ2) is 23.4. The molecule has 1 aromatic carbocycles. The van der Waals surface area contributed by atoms with E-state index in [1.165, 1.54) is 108 Å². The highest BCUT2D eigenvalue weighted by Gasteiger charge is 2.22. The molecule has 224 valence electrons. The first-order valence-electron chi connectivity index (χ1n) is 15.2. The summed E-state index contributed by atoms with van der Waals surface area (Å²) in [5.41, 5.74) is 0.761. The number of phosphoric acid groups is 1. The summed E-state index contributed by atoms with van der Waals surface area (Å²) in [6.45, 7) is 2.26. The summed E-state index contributed by atoms with van der Waals surface area (Å²) in [4.78, 5) is 9.56. The Hall–Kier alpha value is -1.29. The second-order valence-corrected chi connectivity index (χ2v) is 12.2. The van der Waals surface area contributed by atoms with Crippen LogP contribution >= 0.6 is 7.82 Å². The van der Waals surface area contributed by atoms with Crippen LogP contribution in [0.1, 0.15) is 140 Å². The first-order valence-corrected chi connectivity index (χ1v) is 16.7. The van der Waals surface area contributed by atoms with Crippen LogP contribution in [0.5, 0.6) is 0 Å². The van der Waals surface area contributed by atoms with Crippen molar-refractivity contribution in [1.29, 1.82) is 5.26 Å². The van der Waals surface area contributed by atoms with Gasteiger partial charge in [0.1, 0.15) is 5.82 Å². The number of halogens is 1. The molecule has 0 bridgehead atoms. The van der Waals surface area contributed by atoms with Crippen molar-refractivity contribution in [2.75, 3.05) is 13.7 Å². The van der Waals surface area contributed by atoms with Crippen molar-refractivity contribution in [1.82, 2.24) is 0 Å². The summed E-state index contributed by atoms with van der Waals surface area (Å²) >= 11 is 0. The summed E-state index contributed by atoms with van der Waals surface area (Å²) in [5.74, 6) is -0.497. The Morgan fingerprint density at radius 1 is 0.846 bits per heavy atom. The third-order valence-electron chi connectivity index (χ3n) is 7.11. The minimum atomic E-state index is -4.10. The molecule has 0 heterocycles. The van der Waals surface area contributed by atoms with Gasteiger partial charge < -0.3 is 9.63 Å². The summed E-state index contributed by atoms with van der Waals surface area (Å²) in [6, 6.07) is 5.99. The quantitative estimate of drug-likeness (QED) is 0.0882. The normalized spacial score (nSPS) is 13.7. The molecule has 39 heavy (non-hydrogen) atoms.